The summed E-state index contributed by atoms with van der Waals surface area (Å²) >= 11 is 0. The van der Waals surface area contributed by atoms with Crippen molar-refractivity contribution in [1.82, 2.24) is 0 Å². The van der Waals surface area contributed by atoms with Crippen molar-refractivity contribution in [3.05, 3.63) is 0 Å². The summed E-state index contributed by atoms with van der Waals surface area (Å²) in [5, 5.41) is 0. The molecule has 2 unspecified atom stereocenters. The maximum absolute atomic E-state index is 11.4. The van der Waals surface area contributed by atoms with Crippen LogP contribution in [-0.2, 0) is 23.7 Å². The number of rotatable bonds is 3. The summed E-state index contributed by atoms with van der Waals surface area (Å²) in [7, 11) is 0. The molecule has 0 aromatic rings. The molecule has 0 radical (unpaired) electrons. The molecule has 1 spiro atoms. The molecule has 5 nitrogen and oxygen atoms in total. The predicted octanol–water partition coefficient (Wildman–Crippen LogP) is 3.20. The molecule has 0 aromatic heterocycles. The van der Waals surface area contributed by atoms with E-state index in [2.05, 4.69) is 13.8 Å². The number of hydrogen-bond acceptors (Lipinski definition) is 5. The third-order valence-electron chi connectivity index (χ3n) is 5.68. The Balaban J connectivity index is 1.82. The number of carbonyl (C=O) groups is 1. The second-order valence-corrected chi connectivity index (χ2v) is 7.36. The summed E-state index contributed by atoms with van der Waals surface area (Å²) in [5.41, 5.74) is 0. The minimum Gasteiger partial charge on any atom is -0.460 e. The van der Waals surface area contributed by atoms with Gasteiger partial charge in [-0.15, -0.1) is 0 Å². The molecule has 0 N–H and O–H groups in total. The fourth-order valence-corrected chi connectivity index (χ4v) is 4.26. The van der Waals surface area contributed by atoms with Crippen molar-refractivity contribution in [1.29, 1.82) is 0 Å². The van der Waals surface area contributed by atoms with Crippen LogP contribution in [0.1, 0.15) is 66.2 Å². The monoisotopic (exact) mass is 326 g/mol. The smallest absolute Gasteiger partial charge is 0.302 e. The quantitative estimate of drug-likeness (QED) is 0.746. The lowest BCUT2D eigenvalue weighted by atomic mass is 9.86. The van der Waals surface area contributed by atoms with Gasteiger partial charge in [-0.3, -0.25) is 4.79 Å². The normalized spacial score (nSPS) is 40.6. The van der Waals surface area contributed by atoms with E-state index >= 15 is 0 Å². The van der Waals surface area contributed by atoms with Crippen LogP contribution in [0.3, 0.4) is 0 Å². The molecule has 2 saturated heterocycles. The fourth-order valence-electron chi connectivity index (χ4n) is 4.26. The summed E-state index contributed by atoms with van der Waals surface area (Å²) in [6.45, 7) is 7.70. The summed E-state index contributed by atoms with van der Waals surface area (Å²) in [4.78, 5) is 11.4. The highest BCUT2D eigenvalue weighted by Crippen LogP contribution is 2.47. The van der Waals surface area contributed by atoms with Crippen LogP contribution in [-0.4, -0.2) is 42.3 Å². The number of hydrogen-bond donors (Lipinski definition) is 0. The largest absolute Gasteiger partial charge is 0.460 e. The maximum atomic E-state index is 11.4. The average Bonchev–Trinajstić information content (AvgIpc) is 2.88. The third kappa shape index (κ3) is 3.28. The minimum absolute atomic E-state index is 0.0199. The van der Waals surface area contributed by atoms with Crippen molar-refractivity contribution in [3.8, 4) is 0 Å². The Hall–Kier alpha value is -0.650. The highest BCUT2D eigenvalue weighted by atomic mass is 16.8. The van der Waals surface area contributed by atoms with Crippen LogP contribution in [0.5, 0.6) is 0 Å². The molecule has 3 rings (SSSR count). The van der Waals surface area contributed by atoms with Crippen molar-refractivity contribution in [2.75, 3.05) is 0 Å². The topological polar surface area (TPSA) is 54.0 Å². The van der Waals surface area contributed by atoms with Gasteiger partial charge in [0.2, 0.25) is 0 Å². The first-order valence-corrected chi connectivity index (χ1v) is 9.14. The summed E-state index contributed by atoms with van der Waals surface area (Å²) in [6, 6.07) is 0. The van der Waals surface area contributed by atoms with Gasteiger partial charge in [0.05, 0.1) is 12.2 Å². The fraction of sp³-hybridized carbons (Fsp3) is 0.944. The van der Waals surface area contributed by atoms with E-state index in [0.717, 1.165) is 25.7 Å². The van der Waals surface area contributed by atoms with Gasteiger partial charge >= 0.3 is 5.97 Å². The highest BCUT2D eigenvalue weighted by Gasteiger charge is 2.57. The van der Waals surface area contributed by atoms with Gasteiger partial charge in [-0.05, 0) is 26.2 Å². The third-order valence-corrected chi connectivity index (χ3v) is 5.68. The molecule has 1 saturated carbocycles. The molecule has 132 valence electrons. The summed E-state index contributed by atoms with van der Waals surface area (Å²) in [5.74, 6) is -0.441. The van der Waals surface area contributed by atoms with Gasteiger partial charge < -0.3 is 18.9 Å². The van der Waals surface area contributed by atoms with Gasteiger partial charge in [0.1, 0.15) is 18.3 Å². The molecule has 0 bridgehead atoms. The first-order chi connectivity index (χ1) is 11.0. The Morgan fingerprint density at radius 3 is 2.43 bits per heavy atom. The van der Waals surface area contributed by atoms with Crippen LogP contribution in [0.2, 0.25) is 0 Å². The Morgan fingerprint density at radius 1 is 1.17 bits per heavy atom. The second kappa shape index (κ2) is 6.69. The molecule has 0 amide bonds. The number of fused-ring (bicyclic) bond motifs is 1. The van der Waals surface area contributed by atoms with Crippen molar-refractivity contribution >= 4 is 5.97 Å². The zero-order chi connectivity index (χ0) is 16.6. The van der Waals surface area contributed by atoms with E-state index < -0.39 is 5.79 Å². The van der Waals surface area contributed by atoms with E-state index in [-0.39, 0.29) is 42.4 Å². The number of esters is 1. The zero-order valence-corrected chi connectivity index (χ0v) is 14.7. The Kier molecular flexibility index (Phi) is 5.00. The lowest BCUT2D eigenvalue weighted by Gasteiger charge is -2.42. The lowest BCUT2D eigenvalue weighted by molar-refractivity contribution is -0.211. The molecule has 5 heteroatoms. The van der Waals surface area contributed by atoms with Gasteiger partial charge in [0, 0.05) is 25.7 Å². The van der Waals surface area contributed by atoms with E-state index in [4.69, 9.17) is 18.9 Å². The van der Waals surface area contributed by atoms with E-state index in [9.17, 15) is 4.79 Å². The van der Waals surface area contributed by atoms with Crippen LogP contribution in [0, 0.1) is 5.92 Å². The Bertz CT molecular complexity index is 431. The zero-order valence-electron chi connectivity index (χ0n) is 14.7. The number of ether oxygens (including phenoxy) is 4. The average molecular weight is 326 g/mol. The summed E-state index contributed by atoms with van der Waals surface area (Å²) < 4.78 is 24.6. The van der Waals surface area contributed by atoms with E-state index in [0.29, 0.717) is 6.42 Å². The highest BCUT2D eigenvalue weighted by molar-refractivity contribution is 5.66. The Morgan fingerprint density at radius 2 is 1.83 bits per heavy atom. The van der Waals surface area contributed by atoms with Crippen LogP contribution < -0.4 is 0 Å². The van der Waals surface area contributed by atoms with Gasteiger partial charge in [0.25, 0.3) is 0 Å². The van der Waals surface area contributed by atoms with Gasteiger partial charge in [0.15, 0.2) is 5.79 Å². The van der Waals surface area contributed by atoms with Gasteiger partial charge in [-0.2, -0.15) is 0 Å². The molecular weight excluding hydrogens is 296 g/mol. The molecule has 6 atom stereocenters. The van der Waals surface area contributed by atoms with Crippen molar-refractivity contribution in [3.63, 3.8) is 0 Å². The molecule has 2 heterocycles. The first-order valence-electron chi connectivity index (χ1n) is 9.14. The molecule has 1 aliphatic carbocycles. The molecular formula is C18H30O5. The van der Waals surface area contributed by atoms with E-state index in [1.54, 1.807) is 0 Å². The van der Waals surface area contributed by atoms with Crippen molar-refractivity contribution in [2.45, 2.75) is 103 Å². The van der Waals surface area contributed by atoms with Gasteiger partial charge in [-0.25, -0.2) is 0 Å². The van der Waals surface area contributed by atoms with Crippen molar-refractivity contribution in [2.24, 2.45) is 5.92 Å². The summed E-state index contributed by atoms with van der Waals surface area (Å²) in [6.07, 6.45) is 5.58. The molecule has 2 aliphatic heterocycles. The molecule has 3 fully saturated rings. The SMILES string of the molecule is CC[C@@H](OC(C)=O)[C@@H]1OC(C)[C@H](C)[C@@H]2OC3(CCCCC3)OC12. The van der Waals surface area contributed by atoms with Crippen LogP contribution in [0.15, 0.2) is 0 Å². The minimum atomic E-state index is -0.442. The van der Waals surface area contributed by atoms with E-state index in [1.807, 2.05) is 6.92 Å². The van der Waals surface area contributed by atoms with Crippen LogP contribution >= 0.6 is 0 Å². The standard InChI is InChI=1S/C18H30O5/c1-5-14(21-13(4)19)16-17-15(11(2)12(3)20-16)22-18(23-17)9-7-6-8-10-18/h11-12,14-17H,5-10H2,1-4H3/t11-,12?,14+,15-,16-,17?/m0/s1. The van der Waals surface area contributed by atoms with Crippen LogP contribution in [0.25, 0.3) is 0 Å². The van der Waals surface area contributed by atoms with E-state index in [1.165, 1.54) is 13.3 Å². The molecule has 23 heavy (non-hydrogen) atoms. The van der Waals surface area contributed by atoms with Crippen molar-refractivity contribution < 1.29 is 23.7 Å². The predicted molar refractivity (Wildman–Crippen MR) is 84.9 cm³/mol. The van der Waals surface area contributed by atoms with Gasteiger partial charge in [-0.1, -0.05) is 20.3 Å². The first kappa shape index (κ1) is 17.2. The lowest BCUT2D eigenvalue weighted by Crippen LogP contribution is -2.56. The maximum Gasteiger partial charge on any atom is 0.302 e. The Labute approximate surface area is 139 Å². The van der Waals surface area contributed by atoms with Crippen LogP contribution in [0.4, 0.5) is 0 Å². The molecule has 0 aromatic carbocycles. The number of carbonyl (C=O) groups excluding carboxylic acids is 1. The molecule has 3 aliphatic rings. The second-order valence-electron chi connectivity index (χ2n) is 7.36.